The highest BCUT2D eigenvalue weighted by atomic mass is 35.5. The van der Waals surface area contributed by atoms with Gasteiger partial charge in [0.25, 0.3) is 0 Å². The SMILES string of the molecule is CNC(=O)CCCl. The van der Waals surface area contributed by atoms with Crippen LogP contribution in [-0.4, -0.2) is 18.8 Å². The summed E-state index contributed by atoms with van der Waals surface area (Å²) in [5.41, 5.74) is 0. The lowest BCUT2D eigenvalue weighted by Gasteiger charge is -1.90. The second kappa shape index (κ2) is 3.93. The van der Waals surface area contributed by atoms with Gasteiger partial charge >= 0.3 is 0 Å². The summed E-state index contributed by atoms with van der Waals surface area (Å²) < 4.78 is 0. The molecule has 1 amide bonds. The zero-order valence-corrected chi connectivity index (χ0v) is 4.96. The molecule has 0 unspecified atom stereocenters. The summed E-state index contributed by atoms with van der Waals surface area (Å²) in [7, 11) is 1.59. The maximum atomic E-state index is 10.2. The van der Waals surface area contributed by atoms with E-state index in [1.807, 2.05) is 0 Å². The molecule has 0 spiro atoms. The quantitative estimate of drug-likeness (QED) is 0.526. The standard InChI is InChI=1S/C4H8ClNO/c1-6-4(7)2-3-5/h2-3H2,1H3,(H,6,7). The van der Waals surface area contributed by atoms with E-state index in [0.29, 0.717) is 12.3 Å². The highest BCUT2D eigenvalue weighted by Crippen LogP contribution is 1.80. The van der Waals surface area contributed by atoms with Crippen molar-refractivity contribution in [2.24, 2.45) is 0 Å². The average Bonchev–Trinajstić information content (AvgIpc) is 1.68. The van der Waals surface area contributed by atoms with Crippen LogP contribution in [0.3, 0.4) is 0 Å². The summed E-state index contributed by atoms with van der Waals surface area (Å²) in [6, 6.07) is 0. The van der Waals surface area contributed by atoms with Crippen molar-refractivity contribution in [2.75, 3.05) is 12.9 Å². The van der Waals surface area contributed by atoms with Gasteiger partial charge < -0.3 is 5.32 Å². The molecule has 0 rings (SSSR count). The van der Waals surface area contributed by atoms with Crippen LogP contribution >= 0.6 is 11.6 Å². The molecular formula is C4H8ClNO. The molecule has 0 aromatic carbocycles. The van der Waals surface area contributed by atoms with E-state index in [0.717, 1.165) is 0 Å². The summed E-state index contributed by atoms with van der Waals surface area (Å²) in [6.45, 7) is 0. The molecule has 0 aliphatic rings. The van der Waals surface area contributed by atoms with Crippen LogP contribution in [0.2, 0.25) is 0 Å². The van der Waals surface area contributed by atoms with E-state index in [1.165, 1.54) is 0 Å². The Morgan fingerprint density at radius 3 is 2.57 bits per heavy atom. The van der Waals surface area contributed by atoms with Crippen LogP contribution in [0.5, 0.6) is 0 Å². The fourth-order valence-electron chi connectivity index (χ4n) is 0.211. The molecule has 0 radical (unpaired) electrons. The minimum Gasteiger partial charge on any atom is -0.359 e. The van der Waals surface area contributed by atoms with E-state index in [-0.39, 0.29) is 5.91 Å². The zero-order valence-electron chi connectivity index (χ0n) is 4.20. The molecule has 0 heterocycles. The molecule has 3 heteroatoms. The highest BCUT2D eigenvalue weighted by Gasteiger charge is 1.91. The van der Waals surface area contributed by atoms with Crippen LogP contribution in [-0.2, 0) is 4.79 Å². The van der Waals surface area contributed by atoms with Crippen LogP contribution in [0.15, 0.2) is 0 Å². The molecule has 0 bridgehead atoms. The first-order valence-corrected chi connectivity index (χ1v) is 2.61. The fourth-order valence-corrected chi connectivity index (χ4v) is 0.382. The molecule has 0 aliphatic heterocycles. The van der Waals surface area contributed by atoms with Crippen LogP contribution in [0, 0.1) is 0 Å². The van der Waals surface area contributed by atoms with Gasteiger partial charge in [-0.15, -0.1) is 11.6 Å². The largest absolute Gasteiger partial charge is 0.359 e. The first kappa shape index (κ1) is 6.76. The number of hydrogen-bond donors (Lipinski definition) is 1. The van der Waals surface area contributed by atoms with E-state index in [2.05, 4.69) is 5.32 Å². The maximum Gasteiger partial charge on any atom is 0.220 e. The van der Waals surface area contributed by atoms with Crippen LogP contribution < -0.4 is 5.32 Å². The maximum absolute atomic E-state index is 10.2. The zero-order chi connectivity index (χ0) is 5.70. The molecule has 2 nitrogen and oxygen atoms in total. The second-order valence-electron chi connectivity index (χ2n) is 1.11. The van der Waals surface area contributed by atoms with Gasteiger partial charge in [-0.05, 0) is 0 Å². The summed E-state index contributed by atoms with van der Waals surface area (Å²) >= 11 is 5.21. The Hall–Kier alpha value is -0.240. The summed E-state index contributed by atoms with van der Waals surface area (Å²) in [5, 5.41) is 2.44. The molecule has 0 aromatic heterocycles. The third kappa shape index (κ3) is 3.59. The van der Waals surface area contributed by atoms with Gasteiger partial charge in [-0.3, -0.25) is 4.79 Å². The minimum absolute atomic E-state index is 0.00463. The molecule has 7 heavy (non-hydrogen) atoms. The Morgan fingerprint density at radius 2 is 2.43 bits per heavy atom. The van der Waals surface area contributed by atoms with Crippen LogP contribution in [0.4, 0.5) is 0 Å². The Bertz CT molecular complexity index is 64.7. The fraction of sp³-hybridized carbons (Fsp3) is 0.750. The van der Waals surface area contributed by atoms with Crippen LogP contribution in [0.1, 0.15) is 6.42 Å². The molecule has 0 saturated carbocycles. The van der Waals surface area contributed by atoms with Gasteiger partial charge in [-0.2, -0.15) is 0 Å². The molecule has 0 aromatic rings. The normalized spacial score (nSPS) is 8.29. The third-order valence-corrected chi connectivity index (χ3v) is 0.789. The van der Waals surface area contributed by atoms with E-state index in [9.17, 15) is 4.79 Å². The first-order chi connectivity index (χ1) is 3.31. The van der Waals surface area contributed by atoms with Crippen molar-refractivity contribution in [3.63, 3.8) is 0 Å². The van der Waals surface area contributed by atoms with E-state index >= 15 is 0 Å². The summed E-state index contributed by atoms with van der Waals surface area (Å²) in [5.74, 6) is 0.398. The van der Waals surface area contributed by atoms with Crippen molar-refractivity contribution < 1.29 is 4.79 Å². The topological polar surface area (TPSA) is 29.1 Å². The van der Waals surface area contributed by atoms with Gasteiger partial charge in [0.15, 0.2) is 0 Å². The Kier molecular flexibility index (Phi) is 3.80. The van der Waals surface area contributed by atoms with Crippen molar-refractivity contribution in [3.05, 3.63) is 0 Å². The number of carbonyl (C=O) groups is 1. The van der Waals surface area contributed by atoms with Crippen molar-refractivity contribution in [2.45, 2.75) is 6.42 Å². The summed E-state index contributed by atoms with van der Waals surface area (Å²) in [4.78, 5) is 10.2. The van der Waals surface area contributed by atoms with Crippen molar-refractivity contribution in [3.8, 4) is 0 Å². The monoisotopic (exact) mass is 121 g/mol. The second-order valence-corrected chi connectivity index (χ2v) is 1.49. The van der Waals surface area contributed by atoms with E-state index in [1.54, 1.807) is 7.05 Å². The predicted octanol–water partition coefficient (Wildman–Crippen LogP) is 0.361. The van der Waals surface area contributed by atoms with Gasteiger partial charge in [0.2, 0.25) is 5.91 Å². The lowest BCUT2D eigenvalue weighted by atomic mass is 10.5. The third-order valence-electron chi connectivity index (χ3n) is 0.600. The number of rotatable bonds is 2. The van der Waals surface area contributed by atoms with Gasteiger partial charge in [0.05, 0.1) is 0 Å². The molecule has 0 fully saturated rings. The van der Waals surface area contributed by atoms with Crippen LogP contribution in [0.25, 0.3) is 0 Å². The average molecular weight is 122 g/mol. The number of nitrogens with one attached hydrogen (secondary N) is 1. The van der Waals surface area contributed by atoms with Gasteiger partial charge in [0, 0.05) is 19.3 Å². The smallest absolute Gasteiger partial charge is 0.220 e. The number of amides is 1. The van der Waals surface area contributed by atoms with Crippen molar-refractivity contribution in [1.29, 1.82) is 0 Å². The predicted molar refractivity (Wildman–Crippen MR) is 29.4 cm³/mol. The highest BCUT2D eigenvalue weighted by molar-refractivity contribution is 6.18. The molecule has 42 valence electrons. The van der Waals surface area contributed by atoms with Gasteiger partial charge in [-0.25, -0.2) is 0 Å². The molecule has 0 atom stereocenters. The lowest BCUT2D eigenvalue weighted by molar-refractivity contribution is -0.120. The lowest BCUT2D eigenvalue weighted by Crippen LogP contribution is -2.17. The Labute approximate surface area is 47.8 Å². The number of hydrogen-bond acceptors (Lipinski definition) is 1. The molecular weight excluding hydrogens is 114 g/mol. The Balaban J connectivity index is 3.00. The first-order valence-electron chi connectivity index (χ1n) is 2.07. The van der Waals surface area contributed by atoms with Crippen molar-refractivity contribution in [1.82, 2.24) is 5.32 Å². The molecule has 1 N–H and O–H groups in total. The van der Waals surface area contributed by atoms with E-state index in [4.69, 9.17) is 11.6 Å². The van der Waals surface area contributed by atoms with Gasteiger partial charge in [-0.1, -0.05) is 0 Å². The molecule has 0 aliphatic carbocycles. The molecule has 0 saturated heterocycles. The van der Waals surface area contributed by atoms with E-state index < -0.39 is 0 Å². The summed E-state index contributed by atoms with van der Waals surface area (Å²) in [6.07, 6.45) is 0.415. The number of halogens is 1. The Morgan fingerprint density at radius 1 is 1.86 bits per heavy atom. The minimum atomic E-state index is -0.00463. The number of alkyl halides is 1. The number of carbonyl (C=O) groups excluding carboxylic acids is 1. The van der Waals surface area contributed by atoms with Gasteiger partial charge in [0.1, 0.15) is 0 Å². The van der Waals surface area contributed by atoms with Crippen molar-refractivity contribution >= 4 is 17.5 Å².